The zero-order valence-electron chi connectivity index (χ0n) is 14.9. The number of aliphatic carboxylic acids is 1. The molecule has 1 aromatic carbocycles. The number of rotatable bonds is 6. The van der Waals surface area contributed by atoms with Gasteiger partial charge in [0.2, 0.25) is 5.91 Å². The minimum Gasteiger partial charge on any atom is -0.481 e. The third kappa shape index (κ3) is 2.99. The number of carboxylic acid groups (broad SMARTS) is 1. The molecule has 2 unspecified atom stereocenters. The molecular weight excluding hydrogens is 430 g/mol. The molecule has 3 N–H and O–H groups in total. The number of benzene rings is 1. The standard InChI is InChI=1S/C18H17ClF2N2O5S/c19-12-4-10(21)1-2-13(12)29(27,28)11-3-9(7-20)18(5-11,16(25)26)14-6-17(14,8-22)15(23)24/h1-2,4,9,11,14H,3,5-7H2,(H2,23,24)(H,25,26)/t9-,11-,14?,17?,18-/m0/s1. The molecule has 29 heavy (non-hydrogen) atoms. The molecule has 0 radical (unpaired) electrons. The van der Waals surface area contributed by atoms with E-state index in [0.29, 0.717) is 0 Å². The summed E-state index contributed by atoms with van der Waals surface area (Å²) in [5, 5.41) is 17.6. The summed E-state index contributed by atoms with van der Waals surface area (Å²) in [5.41, 5.74) is 1.57. The highest BCUT2D eigenvalue weighted by Crippen LogP contribution is 2.68. The highest BCUT2D eigenvalue weighted by molar-refractivity contribution is 7.92. The summed E-state index contributed by atoms with van der Waals surface area (Å²) < 4.78 is 53.3. The van der Waals surface area contributed by atoms with E-state index < -0.39 is 68.5 Å². The predicted octanol–water partition coefficient (Wildman–Crippen LogP) is 2.09. The molecule has 1 amide bonds. The Balaban J connectivity index is 2.05. The summed E-state index contributed by atoms with van der Waals surface area (Å²) >= 11 is 5.87. The Labute approximate surface area is 170 Å². The van der Waals surface area contributed by atoms with Crippen LogP contribution in [0.5, 0.6) is 0 Å². The number of hydrogen-bond acceptors (Lipinski definition) is 5. The molecule has 0 saturated heterocycles. The number of hydrogen-bond donors (Lipinski definition) is 2. The Morgan fingerprint density at radius 2 is 2.03 bits per heavy atom. The van der Waals surface area contributed by atoms with Gasteiger partial charge in [-0.05, 0) is 37.5 Å². The van der Waals surface area contributed by atoms with E-state index in [4.69, 9.17) is 17.3 Å². The second-order valence-electron chi connectivity index (χ2n) is 7.58. The first-order chi connectivity index (χ1) is 13.5. The maximum Gasteiger partial charge on any atom is 0.310 e. The summed E-state index contributed by atoms with van der Waals surface area (Å²) in [4.78, 5) is 23.6. The first kappa shape index (κ1) is 21.5. The number of carbonyl (C=O) groups is 2. The van der Waals surface area contributed by atoms with E-state index in [1.54, 1.807) is 6.07 Å². The lowest BCUT2D eigenvalue weighted by molar-refractivity contribution is -0.154. The van der Waals surface area contributed by atoms with Gasteiger partial charge in [-0.2, -0.15) is 5.26 Å². The van der Waals surface area contributed by atoms with Crippen LogP contribution in [0.2, 0.25) is 5.02 Å². The van der Waals surface area contributed by atoms with Gasteiger partial charge < -0.3 is 10.8 Å². The molecule has 2 saturated carbocycles. The SMILES string of the molecule is N#CC1(C(N)=O)CC1[C@]1(C(=O)O)C[C@@H](S(=O)(=O)c2ccc(F)cc2Cl)C[C@H]1CF. The van der Waals surface area contributed by atoms with Crippen molar-refractivity contribution in [2.75, 3.05) is 6.67 Å². The van der Waals surface area contributed by atoms with E-state index in [-0.39, 0.29) is 22.8 Å². The van der Waals surface area contributed by atoms with Crippen LogP contribution in [-0.2, 0) is 19.4 Å². The average molecular weight is 447 g/mol. The average Bonchev–Trinajstić information content (AvgIpc) is 3.26. The van der Waals surface area contributed by atoms with E-state index in [0.717, 1.165) is 18.2 Å². The van der Waals surface area contributed by atoms with Gasteiger partial charge in [0.15, 0.2) is 9.84 Å². The van der Waals surface area contributed by atoms with Crippen LogP contribution in [0.3, 0.4) is 0 Å². The quantitative estimate of drug-likeness (QED) is 0.641. The van der Waals surface area contributed by atoms with Crippen molar-refractivity contribution in [2.45, 2.75) is 29.4 Å². The van der Waals surface area contributed by atoms with Crippen LogP contribution in [0.15, 0.2) is 23.1 Å². The Hall–Kier alpha value is -2.25. The number of amides is 1. The number of halogens is 3. The largest absolute Gasteiger partial charge is 0.481 e. The van der Waals surface area contributed by atoms with Crippen molar-refractivity contribution >= 4 is 33.3 Å². The third-order valence-corrected chi connectivity index (χ3v) is 8.92. The van der Waals surface area contributed by atoms with Crippen molar-refractivity contribution in [3.8, 4) is 6.07 Å². The van der Waals surface area contributed by atoms with Crippen LogP contribution in [-0.4, -0.2) is 37.3 Å². The van der Waals surface area contributed by atoms with Gasteiger partial charge in [-0.25, -0.2) is 12.8 Å². The molecule has 5 atom stereocenters. The van der Waals surface area contributed by atoms with Crippen LogP contribution >= 0.6 is 11.6 Å². The fraction of sp³-hybridized carbons (Fsp3) is 0.500. The molecule has 3 rings (SSSR count). The van der Waals surface area contributed by atoms with E-state index in [1.165, 1.54) is 0 Å². The van der Waals surface area contributed by atoms with Crippen molar-refractivity contribution < 1.29 is 31.9 Å². The number of nitriles is 1. The van der Waals surface area contributed by atoms with Gasteiger partial charge in [-0.3, -0.25) is 14.0 Å². The number of sulfone groups is 1. The third-order valence-electron chi connectivity index (χ3n) is 6.29. The zero-order chi connectivity index (χ0) is 21.8. The summed E-state index contributed by atoms with van der Waals surface area (Å²) in [5.74, 6) is -5.58. The van der Waals surface area contributed by atoms with Gasteiger partial charge in [0.25, 0.3) is 0 Å². The molecule has 0 bridgehead atoms. The first-order valence-corrected chi connectivity index (χ1v) is 10.6. The number of carboxylic acids is 1. The van der Waals surface area contributed by atoms with Crippen molar-refractivity contribution in [1.82, 2.24) is 0 Å². The Morgan fingerprint density at radius 3 is 2.48 bits per heavy atom. The van der Waals surface area contributed by atoms with Gasteiger partial charge in [0.1, 0.15) is 11.2 Å². The second-order valence-corrected chi connectivity index (χ2v) is 10.2. The molecule has 2 aliphatic carbocycles. The van der Waals surface area contributed by atoms with Crippen LogP contribution in [0.25, 0.3) is 0 Å². The fourth-order valence-electron chi connectivity index (χ4n) is 4.65. The number of nitrogens with zero attached hydrogens (tertiary/aromatic N) is 1. The monoisotopic (exact) mass is 446 g/mol. The molecule has 1 aromatic rings. The minimum absolute atomic E-state index is 0.175. The number of alkyl halides is 1. The first-order valence-electron chi connectivity index (χ1n) is 8.66. The topological polar surface area (TPSA) is 138 Å². The molecule has 2 fully saturated rings. The molecule has 11 heteroatoms. The van der Waals surface area contributed by atoms with Crippen molar-refractivity contribution in [1.29, 1.82) is 5.26 Å². The molecule has 0 aliphatic heterocycles. The maximum atomic E-state index is 13.9. The number of carbonyl (C=O) groups excluding carboxylic acids is 1. The molecule has 7 nitrogen and oxygen atoms in total. The van der Waals surface area contributed by atoms with Crippen molar-refractivity contribution in [2.24, 2.45) is 28.4 Å². The summed E-state index contributed by atoms with van der Waals surface area (Å²) in [6.45, 7) is -1.15. The minimum atomic E-state index is -4.23. The highest BCUT2D eigenvalue weighted by atomic mass is 35.5. The Kier molecular flexibility index (Phi) is 5.12. The number of primary amides is 1. The smallest absolute Gasteiger partial charge is 0.310 e. The van der Waals surface area contributed by atoms with Crippen molar-refractivity contribution in [3.63, 3.8) is 0 Å². The Bertz CT molecular complexity index is 1040. The lowest BCUT2D eigenvalue weighted by Crippen LogP contribution is -2.42. The molecular formula is C18H17ClF2N2O5S. The van der Waals surface area contributed by atoms with E-state index in [9.17, 15) is 37.2 Å². The Morgan fingerprint density at radius 1 is 1.38 bits per heavy atom. The fourth-order valence-corrected chi connectivity index (χ4v) is 7.07. The van der Waals surface area contributed by atoms with E-state index in [2.05, 4.69) is 0 Å². The molecule has 156 valence electrons. The van der Waals surface area contributed by atoms with Gasteiger partial charge in [0, 0.05) is 11.8 Å². The molecule has 0 spiro atoms. The molecule has 0 heterocycles. The molecule has 0 aromatic heterocycles. The van der Waals surface area contributed by atoms with Crippen LogP contribution in [0.1, 0.15) is 19.3 Å². The van der Waals surface area contributed by atoms with E-state index >= 15 is 0 Å². The summed E-state index contributed by atoms with van der Waals surface area (Å²) in [6, 6.07) is 4.42. The lowest BCUT2D eigenvalue weighted by atomic mass is 9.71. The van der Waals surface area contributed by atoms with Gasteiger partial charge in [-0.15, -0.1) is 0 Å². The highest BCUT2D eigenvalue weighted by Gasteiger charge is 2.74. The van der Waals surface area contributed by atoms with Crippen LogP contribution < -0.4 is 5.73 Å². The van der Waals surface area contributed by atoms with Gasteiger partial charge in [-0.1, -0.05) is 11.6 Å². The number of nitrogens with two attached hydrogens (primary N) is 1. The summed E-state index contributed by atoms with van der Waals surface area (Å²) in [7, 11) is -4.23. The van der Waals surface area contributed by atoms with E-state index in [1.807, 2.05) is 0 Å². The molecule has 2 aliphatic rings. The zero-order valence-corrected chi connectivity index (χ0v) is 16.5. The predicted molar refractivity (Wildman–Crippen MR) is 96.5 cm³/mol. The van der Waals surface area contributed by atoms with Gasteiger partial charge in [0.05, 0.1) is 33.3 Å². The second kappa shape index (κ2) is 6.92. The van der Waals surface area contributed by atoms with Crippen molar-refractivity contribution in [3.05, 3.63) is 29.0 Å². The summed E-state index contributed by atoms with van der Waals surface area (Å²) in [6.07, 6.45) is -1.02. The van der Waals surface area contributed by atoms with Crippen LogP contribution in [0, 0.1) is 39.8 Å². The van der Waals surface area contributed by atoms with Gasteiger partial charge >= 0.3 is 5.97 Å². The lowest BCUT2D eigenvalue weighted by Gasteiger charge is -2.31. The maximum absolute atomic E-state index is 13.9. The normalized spacial score (nSPS) is 33.8. The van der Waals surface area contributed by atoms with Crippen LogP contribution in [0.4, 0.5) is 8.78 Å².